The molecule has 0 unspecified atom stereocenters. The van der Waals surface area contributed by atoms with Crippen molar-refractivity contribution in [3.05, 3.63) is 67.0 Å². The number of aryl methyl sites for hydroxylation is 1. The first kappa shape index (κ1) is 25.3. The lowest BCUT2D eigenvalue weighted by Gasteiger charge is -2.29. The minimum Gasteiger partial charge on any atom is -0.497 e. The Morgan fingerprint density at radius 1 is 0.895 bits per heavy atom. The number of rotatable bonds is 9. The van der Waals surface area contributed by atoms with Gasteiger partial charge in [0.15, 0.2) is 0 Å². The normalized spacial score (nSPS) is 13.7. The zero-order chi connectivity index (χ0) is 26.5. The fraction of sp³-hybridized carbons (Fsp3) is 0.240. The number of aromatic nitrogens is 4. The van der Waals surface area contributed by atoms with Crippen LogP contribution in [0.4, 0.5) is 11.6 Å². The number of sulfonamides is 1. The zero-order valence-electron chi connectivity index (χ0n) is 20.9. The molecular weight excluding hydrogens is 510 g/mol. The van der Waals surface area contributed by atoms with Crippen LogP contribution in [0.3, 0.4) is 0 Å². The van der Waals surface area contributed by atoms with Crippen molar-refractivity contribution in [1.82, 2.24) is 25.1 Å². The van der Waals surface area contributed by atoms with E-state index >= 15 is 0 Å². The van der Waals surface area contributed by atoms with Gasteiger partial charge in [-0.15, -0.1) is 0 Å². The zero-order valence-corrected chi connectivity index (χ0v) is 21.7. The molecule has 1 saturated heterocycles. The molecule has 4 aromatic rings. The van der Waals surface area contributed by atoms with Gasteiger partial charge in [-0.1, -0.05) is 0 Å². The molecule has 3 heterocycles. The van der Waals surface area contributed by atoms with Crippen LogP contribution in [0.25, 0.3) is 0 Å². The van der Waals surface area contributed by atoms with Gasteiger partial charge in [0.1, 0.15) is 22.1 Å². The minimum absolute atomic E-state index is 0.0314. The fourth-order valence-corrected chi connectivity index (χ4v) is 4.73. The highest BCUT2D eigenvalue weighted by Gasteiger charge is 2.20. The number of nitrogens with one attached hydrogen (secondary N) is 2. The van der Waals surface area contributed by atoms with Crippen LogP contribution in [0.15, 0.2) is 71.9 Å². The standard InChI is InChI=1S/C25H27N7O5S/c1-31-17-22(16-27-31)38(33,34)30-25-28-23(15-24(29-25)37-21-9-7-19(35-2)8-10-21)36-20-5-3-18(4-6-20)32-13-11-26-12-14-32/h3-10,15-17,26H,11-14H2,1-2H3,(H,28,29,30). The van der Waals surface area contributed by atoms with E-state index in [0.717, 1.165) is 31.9 Å². The second-order valence-corrected chi connectivity index (χ2v) is 10.1. The highest BCUT2D eigenvalue weighted by Crippen LogP contribution is 2.30. The molecule has 13 heteroatoms. The predicted octanol–water partition coefficient (Wildman–Crippen LogP) is 3.01. The van der Waals surface area contributed by atoms with Crippen LogP contribution in [-0.4, -0.2) is 61.5 Å². The van der Waals surface area contributed by atoms with Crippen molar-refractivity contribution < 1.29 is 22.6 Å². The van der Waals surface area contributed by atoms with Crippen molar-refractivity contribution in [2.24, 2.45) is 7.05 Å². The smallest absolute Gasteiger partial charge is 0.267 e. The Morgan fingerprint density at radius 2 is 1.47 bits per heavy atom. The van der Waals surface area contributed by atoms with Crippen molar-refractivity contribution in [3.8, 4) is 29.0 Å². The van der Waals surface area contributed by atoms with Gasteiger partial charge in [0.2, 0.25) is 17.7 Å². The van der Waals surface area contributed by atoms with Crippen molar-refractivity contribution in [3.63, 3.8) is 0 Å². The Morgan fingerprint density at radius 3 is 2.03 bits per heavy atom. The molecule has 12 nitrogen and oxygen atoms in total. The molecule has 0 spiro atoms. The SMILES string of the molecule is COc1ccc(Oc2cc(Oc3ccc(N4CCNCC4)cc3)nc(NS(=O)(=O)c3cnn(C)c3)n2)cc1. The number of nitrogens with zero attached hydrogens (tertiary/aromatic N) is 5. The molecule has 2 aromatic heterocycles. The first-order valence-electron chi connectivity index (χ1n) is 11.8. The Hall–Kier alpha value is -4.36. The largest absolute Gasteiger partial charge is 0.497 e. The summed E-state index contributed by atoms with van der Waals surface area (Å²) in [5.74, 6) is 1.63. The van der Waals surface area contributed by atoms with Gasteiger partial charge in [0, 0.05) is 45.1 Å². The van der Waals surface area contributed by atoms with E-state index in [1.807, 2.05) is 24.3 Å². The van der Waals surface area contributed by atoms with Gasteiger partial charge >= 0.3 is 0 Å². The Balaban J connectivity index is 1.41. The summed E-state index contributed by atoms with van der Waals surface area (Å²) in [4.78, 5) is 10.7. The van der Waals surface area contributed by atoms with Gasteiger partial charge < -0.3 is 24.4 Å². The van der Waals surface area contributed by atoms with E-state index in [2.05, 4.69) is 30.0 Å². The molecule has 0 radical (unpaired) electrons. The third-order valence-corrected chi connectivity index (χ3v) is 7.00. The Bertz CT molecular complexity index is 1490. The van der Waals surface area contributed by atoms with Gasteiger partial charge in [-0.05, 0) is 48.5 Å². The fourth-order valence-electron chi connectivity index (χ4n) is 3.80. The summed E-state index contributed by atoms with van der Waals surface area (Å²) in [6, 6.07) is 16.0. The van der Waals surface area contributed by atoms with E-state index < -0.39 is 10.0 Å². The summed E-state index contributed by atoms with van der Waals surface area (Å²) >= 11 is 0. The van der Waals surface area contributed by atoms with Crippen LogP contribution in [0.5, 0.6) is 29.0 Å². The molecule has 5 rings (SSSR count). The van der Waals surface area contributed by atoms with Gasteiger partial charge in [0.05, 0.1) is 19.4 Å². The van der Waals surface area contributed by atoms with Gasteiger partial charge in [-0.3, -0.25) is 4.68 Å². The first-order chi connectivity index (χ1) is 18.4. The lowest BCUT2D eigenvalue weighted by Crippen LogP contribution is -2.43. The second kappa shape index (κ2) is 10.9. The summed E-state index contributed by atoms with van der Waals surface area (Å²) in [5.41, 5.74) is 1.09. The molecule has 0 aliphatic carbocycles. The summed E-state index contributed by atoms with van der Waals surface area (Å²) in [6.07, 6.45) is 2.61. The molecule has 0 saturated carbocycles. The van der Waals surface area contributed by atoms with Crippen molar-refractivity contribution in [2.75, 3.05) is 42.9 Å². The lowest BCUT2D eigenvalue weighted by atomic mass is 10.2. The molecule has 1 aliphatic heterocycles. The molecule has 0 bridgehead atoms. The van der Waals surface area contributed by atoms with Crippen LogP contribution >= 0.6 is 0 Å². The molecule has 2 aromatic carbocycles. The molecule has 198 valence electrons. The Labute approximate surface area is 220 Å². The van der Waals surface area contributed by atoms with Gasteiger partial charge in [-0.2, -0.15) is 15.1 Å². The monoisotopic (exact) mass is 537 g/mol. The van der Waals surface area contributed by atoms with E-state index in [4.69, 9.17) is 14.2 Å². The number of ether oxygens (including phenoxy) is 3. The average Bonchev–Trinajstić information content (AvgIpc) is 3.37. The quantitative estimate of drug-likeness (QED) is 0.328. The third-order valence-electron chi connectivity index (χ3n) is 5.72. The van der Waals surface area contributed by atoms with Crippen LogP contribution < -0.4 is 29.1 Å². The maximum atomic E-state index is 12.9. The number of hydrogen-bond donors (Lipinski definition) is 2. The third kappa shape index (κ3) is 6.12. The average molecular weight is 538 g/mol. The molecule has 1 fully saturated rings. The molecular formula is C25H27N7O5S. The predicted molar refractivity (Wildman–Crippen MR) is 141 cm³/mol. The molecule has 0 amide bonds. The van der Waals surface area contributed by atoms with Crippen LogP contribution in [0, 0.1) is 0 Å². The van der Waals surface area contributed by atoms with E-state index in [-0.39, 0.29) is 22.6 Å². The molecule has 38 heavy (non-hydrogen) atoms. The van der Waals surface area contributed by atoms with Crippen molar-refractivity contribution >= 4 is 21.7 Å². The number of piperazine rings is 1. The van der Waals surface area contributed by atoms with E-state index in [1.54, 1.807) is 38.4 Å². The summed E-state index contributed by atoms with van der Waals surface area (Å²) < 4.78 is 46.5. The molecule has 0 atom stereocenters. The molecule has 1 aliphatic rings. The topological polar surface area (TPSA) is 133 Å². The van der Waals surface area contributed by atoms with Crippen molar-refractivity contribution in [1.29, 1.82) is 0 Å². The maximum absolute atomic E-state index is 12.9. The summed E-state index contributed by atoms with van der Waals surface area (Å²) in [6.45, 7) is 3.74. The Kier molecular flexibility index (Phi) is 7.29. The highest BCUT2D eigenvalue weighted by molar-refractivity contribution is 7.92. The lowest BCUT2D eigenvalue weighted by molar-refractivity contribution is 0.411. The first-order valence-corrected chi connectivity index (χ1v) is 13.3. The second-order valence-electron chi connectivity index (χ2n) is 8.43. The summed E-state index contributed by atoms with van der Waals surface area (Å²) in [7, 11) is -0.802. The number of methoxy groups -OCH3 is 1. The van der Waals surface area contributed by atoms with Crippen LogP contribution in [0.1, 0.15) is 0 Å². The number of hydrogen-bond acceptors (Lipinski definition) is 10. The highest BCUT2D eigenvalue weighted by atomic mass is 32.2. The minimum atomic E-state index is -4.00. The number of benzene rings is 2. The summed E-state index contributed by atoms with van der Waals surface area (Å²) in [5, 5.41) is 7.25. The van der Waals surface area contributed by atoms with Crippen LogP contribution in [-0.2, 0) is 17.1 Å². The number of anilines is 2. The van der Waals surface area contributed by atoms with Gasteiger partial charge in [0.25, 0.3) is 10.0 Å². The van der Waals surface area contributed by atoms with Crippen molar-refractivity contribution in [2.45, 2.75) is 4.90 Å². The van der Waals surface area contributed by atoms with Crippen LogP contribution in [0.2, 0.25) is 0 Å². The van der Waals surface area contributed by atoms with Gasteiger partial charge in [-0.25, -0.2) is 13.1 Å². The molecule has 2 N–H and O–H groups in total. The maximum Gasteiger partial charge on any atom is 0.267 e. The van der Waals surface area contributed by atoms with E-state index in [1.165, 1.54) is 23.1 Å². The van der Waals surface area contributed by atoms with E-state index in [9.17, 15) is 8.42 Å². The van der Waals surface area contributed by atoms with E-state index in [0.29, 0.717) is 17.2 Å².